The van der Waals surface area contributed by atoms with Crippen LogP contribution in [0.25, 0.3) is 0 Å². The Kier molecular flexibility index (Phi) is 3.62. The Morgan fingerprint density at radius 2 is 1.89 bits per heavy atom. The molecule has 1 saturated carbocycles. The molecule has 0 aromatic carbocycles. The fraction of sp³-hybridized carbons (Fsp3) is 0.692. The number of fused-ring (bicyclic) bond motifs is 1. The summed E-state index contributed by atoms with van der Waals surface area (Å²) in [6.07, 6.45) is 9.46. The van der Waals surface area contributed by atoms with Crippen molar-refractivity contribution in [3.8, 4) is 0 Å². The summed E-state index contributed by atoms with van der Waals surface area (Å²) in [4.78, 5) is 10.6. The smallest absolute Gasteiger partial charge is 0.224 e. The van der Waals surface area contributed by atoms with Gasteiger partial charge in [-0.1, -0.05) is 24.4 Å². The molecular formula is C13H17Cl2N3. The van der Waals surface area contributed by atoms with E-state index in [0.717, 1.165) is 18.3 Å². The van der Waals surface area contributed by atoms with Gasteiger partial charge in [0.1, 0.15) is 5.02 Å². The molecular weight excluding hydrogens is 269 g/mol. The van der Waals surface area contributed by atoms with E-state index in [2.05, 4.69) is 14.9 Å². The first-order chi connectivity index (χ1) is 8.75. The fourth-order valence-corrected chi connectivity index (χ4v) is 3.75. The van der Waals surface area contributed by atoms with Crippen LogP contribution in [0.2, 0.25) is 10.3 Å². The van der Waals surface area contributed by atoms with Gasteiger partial charge < -0.3 is 4.90 Å². The highest BCUT2D eigenvalue weighted by molar-refractivity contribution is 6.33. The topological polar surface area (TPSA) is 29.0 Å². The number of hydrogen-bond donors (Lipinski definition) is 0. The van der Waals surface area contributed by atoms with Gasteiger partial charge >= 0.3 is 0 Å². The lowest BCUT2D eigenvalue weighted by atomic mass is 9.78. The van der Waals surface area contributed by atoms with Crippen LogP contribution in [0, 0.1) is 5.92 Å². The van der Waals surface area contributed by atoms with Gasteiger partial charge in [0.2, 0.25) is 5.28 Å². The van der Waals surface area contributed by atoms with E-state index in [1.165, 1.54) is 38.5 Å². The highest BCUT2D eigenvalue weighted by Gasteiger charge is 2.34. The van der Waals surface area contributed by atoms with Crippen molar-refractivity contribution < 1.29 is 0 Å². The van der Waals surface area contributed by atoms with Gasteiger partial charge in [0, 0.05) is 12.6 Å². The van der Waals surface area contributed by atoms with Crippen molar-refractivity contribution in [3.63, 3.8) is 0 Å². The SMILES string of the molecule is Clc1ncc(Cl)c(N2CCC[C@H]3CCCC[C@H]32)n1. The molecule has 1 aromatic rings. The van der Waals surface area contributed by atoms with Crippen molar-refractivity contribution in [1.29, 1.82) is 0 Å². The molecule has 98 valence electrons. The van der Waals surface area contributed by atoms with Crippen LogP contribution in [0.15, 0.2) is 6.20 Å². The Hall–Kier alpha value is -0.540. The Balaban J connectivity index is 1.91. The van der Waals surface area contributed by atoms with Crippen LogP contribution in [0.4, 0.5) is 5.82 Å². The lowest BCUT2D eigenvalue weighted by Crippen LogP contribution is -2.47. The Morgan fingerprint density at radius 3 is 2.78 bits per heavy atom. The maximum atomic E-state index is 6.24. The number of hydrogen-bond acceptors (Lipinski definition) is 3. The number of aromatic nitrogens is 2. The molecule has 0 unspecified atom stereocenters. The van der Waals surface area contributed by atoms with Gasteiger partial charge in [-0.15, -0.1) is 0 Å². The number of halogens is 2. The molecule has 3 nitrogen and oxygen atoms in total. The largest absolute Gasteiger partial charge is 0.352 e. The molecule has 0 N–H and O–H groups in total. The normalized spacial score (nSPS) is 28.0. The molecule has 0 amide bonds. The van der Waals surface area contributed by atoms with E-state index in [1.807, 2.05) is 0 Å². The second-order valence-electron chi connectivity index (χ2n) is 5.26. The number of anilines is 1. The summed E-state index contributed by atoms with van der Waals surface area (Å²) in [6, 6.07) is 0.593. The lowest BCUT2D eigenvalue weighted by molar-refractivity contribution is 0.242. The average Bonchev–Trinajstić information content (AvgIpc) is 2.41. The van der Waals surface area contributed by atoms with Crippen LogP contribution in [0.5, 0.6) is 0 Å². The molecule has 1 aliphatic heterocycles. The van der Waals surface area contributed by atoms with Gasteiger partial charge in [0.15, 0.2) is 5.82 Å². The summed E-state index contributed by atoms with van der Waals surface area (Å²) < 4.78 is 0. The summed E-state index contributed by atoms with van der Waals surface area (Å²) in [6.45, 7) is 1.04. The van der Waals surface area contributed by atoms with Crippen molar-refractivity contribution >= 4 is 29.0 Å². The van der Waals surface area contributed by atoms with Gasteiger partial charge in [-0.3, -0.25) is 0 Å². The molecule has 1 aliphatic carbocycles. The maximum absolute atomic E-state index is 6.24. The second-order valence-corrected chi connectivity index (χ2v) is 6.00. The second kappa shape index (κ2) is 5.22. The van der Waals surface area contributed by atoms with Gasteiger partial charge in [-0.05, 0) is 43.2 Å². The first kappa shape index (κ1) is 12.5. The van der Waals surface area contributed by atoms with Gasteiger partial charge in [0.05, 0.1) is 6.20 Å². The minimum absolute atomic E-state index is 0.285. The summed E-state index contributed by atoms with van der Waals surface area (Å²) in [5, 5.41) is 0.901. The quantitative estimate of drug-likeness (QED) is 0.732. The molecule has 2 aliphatic rings. The van der Waals surface area contributed by atoms with Gasteiger partial charge in [-0.2, -0.15) is 4.98 Å². The van der Waals surface area contributed by atoms with Gasteiger partial charge in [0.25, 0.3) is 0 Å². The van der Waals surface area contributed by atoms with Crippen LogP contribution in [-0.4, -0.2) is 22.6 Å². The van der Waals surface area contributed by atoms with Crippen molar-refractivity contribution in [2.45, 2.75) is 44.6 Å². The molecule has 1 aromatic heterocycles. The van der Waals surface area contributed by atoms with Crippen LogP contribution in [-0.2, 0) is 0 Å². The molecule has 0 bridgehead atoms. The van der Waals surface area contributed by atoms with Crippen LogP contribution in [0.1, 0.15) is 38.5 Å². The van der Waals surface area contributed by atoms with E-state index in [0.29, 0.717) is 11.1 Å². The highest BCUT2D eigenvalue weighted by Crippen LogP contribution is 2.39. The van der Waals surface area contributed by atoms with Crippen LogP contribution in [0.3, 0.4) is 0 Å². The fourth-order valence-electron chi connectivity index (χ4n) is 3.43. The van der Waals surface area contributed by atoms with Crippen molar-refractivity contribution in [2.75, 3.05) is 11.4 Å². The van der Waals surface area contributed by atoms with Crippen LogP contribution < -0.4 is 4.90 Å². The number of nitrogens with zero attached hydrogens (tertiary/aromatic N) is 3. The van der Waals surface area contributed by atoms with Crippen molar-refractivity contribution in [2.24, 2.45) is 5.92 Å². The number of rotatable bonds is 1. The van der Waals surface area contributed by atoms with E-state index in [-0.39, 0.29) is 5.28 Å². The first-order valence-corrected chi connectivity index (χ1v) is 7.46. The minimum atomic E-state index is 0.285. The van der Waals surface area contributed by atoms with Crippen molar-refractivity contribution in [1.82, 2.24) is 9.97 Å². The van der Waals surface area contributed by atoms with E-state index >= 15 is 0 Å². The summed E-state index contributed by atoms with van der Waals surface area (Å²) in [7, 11) is 0. The first-order valence-electron chi connectivity index (χ1n) is 6.70. The zero-order chi connectivity index (χ0) is 12.5. The summed E-state index contributed by atoms with van der Waals surface area (Å²) >= 11 is 12.1. The predicted octanol–water partition coefficient (Wildman–Crippen LogP) is 3.94. The molecule has 2 atom stereocenters. The molecule has 0 radical (unpaired) electrons. The Labute approximate surface area is 118 Å². The third-order valence-electron chi connectivity index (χ3n) is 4.21. The van der Waals surface area contributed by atoms with Crippen LogP contribution >= 0.6 is 23.2 Å². The third kappa shape index (κ3) is 2.30. The zero-order valence-corrected chi connectivity index (χ0v) is 11.8. The van der Waals surface area contributed by atoms with Crippen molar-refractivity contribution in [3.05, 3.63) is 16.5 Å². The van der Waals surface area contributed by atoms with E-state index in [1.54, 1.807) is 6.20 Å². The molecule has 2 heterocycles. The highest BCUT2D eigenvalue weighted by atomic mass is 35.5. The standard InChI is InChI=1S/C13H17Cl2N3/c14-10-8-16-13(15)17-12(10)18-7-3-5-9-4-1-2-6-11(9)18/h8-9,11H,1-7H2/t9-,11-/m1/s1. The van der Waals surface area contributed by atoms with Gasteiger partial charge in [-0.25, -0.2) is 4.98 Å². The Bertz CT molecular complexity index is 436. The van der Waals surface area contributed by atoms with E-state index in [9.17, 15) is 0 Å². The third-order valence-corrected chi connectivity index (χ3v) is 4.66. The minimum Gasteiger partial charge on any atom is -0.352 e. The Morgan fingerprint density at radius 1 is 1.11 bits per heavy atom. The lowest BCUT2D eigenvalue weighted by Gasteiger charge is -2.45. The molecule has 1 saturated heterocycles. The van der Waals surface area contributed by atoms with E-state index < -0.39 is 0 Å². The van der Waals surface area contributed by atoms with E-state index in [4.69, 9.17) is 23.2 Å². The zero-order valence-electron chi connectivity index (χ0n) is 10.3. The predicted molar refractivity (Wildman–Crippen MR) is 74.4 cm³/mol. The monoisotopic (exact) mass is 285 g/mol. The molecule has 18 heavy (non-hydrogen) atoms. The summed E-state index contributed by atoms with van der Waals surface area (Å²) in [5.41, 5.74) is 0. The average molecular weight is 286 g/mol. The molecule has 2 fully saturated rings. The molecule has 5 heteroatoms. The number of piperidine rings is 1. The molecule has 0 spiro atoms. The molecule has 3 rings (SSSR count). The maximum Gasteiger partial charge on any atom is 0.224 e. The summed E-state index contributed by atoms with van der Waals surface area (Å²) in [5.74, 6) is 1.63.